The summed E-state index contributed by atoms with van der Waals surface area (Å²) < 4.78 is 10.2. The Labute approximate surface area is 132 Å². The predicted molar refractivity (Wildman–Crippen MR) is 80.4 cm³/mol. The summed E-state index contributed by atoms with van der Waals surface area (Å²) in [7, 11) is 1.26. The van der Waals surface area contributed by atoms with Crippen molar-refractivity contribution in [2.24, 2.45) is 0 Å². The van der Waals surface area contributed by atoms with Gasteiger partial charge in [-0.15, -0.1) is 0 Å². The van der Waals surface area contributed by atoms with Gasteiger partial charge in [0.2, 0.25) is 6.04 Å². The standard InChI is InChI=1S/C16H16N2O5/c1-22-16(19)14-12(11-8-5-9-23-11)15(18(20)21)13(17-14)10-6-3-2-4-7-10/h2-9,12-15,17H,1H3/t12-,13-,14-,15+/m0/s1. The number of benzene rings is 1. The van der Waals surface area contributed by atoms with Gasteiger partial charge >= 0.3 is 5.97 Å². The van der Waals surface area contributed by atoms with E-state index < -0.39 is 30.0 Å². The van der Waals surface area contributed by atoms with Crippen LogP contribution in [-0.2, 0) is 9.53 Å². The molecule has 0 amide bonds. The largest absolute Gasteiger partial charge is 0.469 e. The summed E-state index contributed by atoms with van der Waals surface area (Å²) >= 11 is 0. The van der Waals surface area contributed by atoms with Gasteiger partial charge in [0, 0.05) is 4.92 Å². The second-order valence-corrected chi connectivity index (χ2v) is 5.37. The predicted octanol–water partition coefficient (Wildman–Crippen LogP) is 1.89. The van der Waals surface area contributed by atoms with Crippen molar-refractivity contribution in [3.05, 3.63) is 70.2 Å². The number of esters is 1. The Bertz CT molecular complexity index is 686. The average molecular weight is 316 g/mol. The van der Waals surface area contributed by atoms with Crippen molar-refractivity contribution >= 4 is 5.97 Å². The number of nitrogens with zero attached hydrogens (tertiary/aromatic N) is 1. The van der Waals surface area contributed by atoms with Crippen LogP contribution in [0.25, 0.3) is 0 Å². The van der Waals surface area contributed by atoms with Gasteiger partial charge in [0.05, 0.1) is 13.4 Å². The van der Waals surface area contributed by atoms with E-state index in [0.29, 0.717) is 5.76 Å². The minimum absolute atomic E-state index is 0.360. The van der Waals surface area contributed by atoms with Crippen LogP contribution >= 0.6 is 0 Å². The number of nitrogens with one attached hydrogen (secondary N) is 1. The molecule has 7 heteroatoms. The van der Waals surface area contributed by atoms with Crippen molar-refractivity contribution in [1.29, 1.82) is 0 Å². The van der Waals surface area contributed by atoms with Crippen molar-refractivity contribution in [1.82, 2.24) is 5.32 Å². The van der Waals surface area contributed by atoms with Crippen molar-refractivity contribution < 1.29 is 18.9 Å². The van der Waals surface area contributed by atoms with Gasteiger partial charge in [-0.1, -0.05) is 30.3 Å². The van der Waals surface area contributed by atoms with E-state index in [0.717, 1.165) is 5.56 Å². The van der Waals surface area contributed by atoms with Crippen molar-refractivity contribution in [3.63, 3.8) is 0 Å². The van der Waals surface area contributed by atoms with Crippen LogP contribution < -0.4 is 5.32 Å². The first kappa shape index (κ1) is 15.2. The molecule has 1 fully saturated rings. The zero-order chi connectivity index (χ0) is 16.4. The van der Waals surface area contributed by atoms with Crippen LogP contribution in [0.3, 0.4) is 0 Å². The van der Waals surface area contributed by atoms with Crippen molar-refractivity contribution in [2.75, 3.05) is 7.11 Å². The first-order valence-electron chi connectivity index (χ1n) is 7.19. The van der Waals surface area contributed by atoms with E-state index in [1.165, 1.54) is 13.4 Å². The van der Waals surface area contributed by atoms with Gasteiger partial charge in [-0.2, -0.15) is 0 Å². The zero-order valence-corrected chi connectivity index (χ0v) is 12.4. The van der Waals surface area contributed by atoms with Crippen molar-refractivity contribution in [3.8, 4) is 0 Å². The van der Waals surface area contributed by atoms with Gasteiger partial charge in [0.25, 0.3) is 0 Å². The fraction of sp³-hybridized carbons (Fsp3) is 0.312. The van der Waals surface area contributed by atoms with Gasteiger partial charge in [-0.3, -0.25) is 20.2 Å². The molecule has 3 rings (SSSR count). The average Bonchev–Trinajstić information content (AvgIpc) is 3.21. The molecule has 0 saturated carbocycles. The highest BCUT2D eigenvalue weighted by Crippen LogP contribution is 2.40. The van der Waals surface area contributed by atoms with Crippen LogP contribution in [0.2, 0.25) is 0 Å². The highest BCUT2D eigenvalue weighted by atomic mass is 16.6. The first-order valence-corrected chi connectivity index (χ1v) is 7.19. The molecule has 120 valence electrons. The highest BCUT2D eigenvalue weighted by Gasteiger charge is 2.56. The maximum absolute atomic E-state index is 12.1. The quantitative estimate of drug-likeness (QED) is 0.526. The molecule has 1 aliphatic rings. The molecular formula is C16H16N2O5. The van der Waals surface area contributed by atoms with Crippen molar-refractivity contribution in [2.45, 2.75) is 24.0 Å². The third-order valence-electron chi connectivity index (χ3n) is 4.16. The number of carbonyl (C=O) groups is 1. The molecule has 1 N–H and O–H groups in total. The Morgan fingerprint density at radius 2 is 2.00 bits per heavy atom. The molecule has 0 bridgehead atoms. The Kier molecular flexibility index (Phi) is 4.12. The van der Waals surface area contributed by atoms with Crippen LogP contribution in [0.5, 0.6) is 0 Å². The highest BCUT2D eigenvalue weighted by molar-refractivity contribution is 5.78. The monoisotopic (exact) mass is 316 g/mol. The molecule has 0 radical (unpaired) electrons. The summed E-state index contributed by atoms with van der Waals surface area (Å²) in [6.07, 6.45) is 1.44. The molecular weight excluding hydrogens is 300 g/mol. The number of carbonyl (C=O) groups excluding carboxylic acids is 1. The fourth-order valence-electron chi connectivity index (χ4n) is 3.16. The molecule has 1 aromatic heterocycles. The summed E-state index contributed by atoms with van der Waals surface area (Å²) in [4.78, 5) is 23.5. The summed E-state index contributed by atoms with van der Waals surface area (Å²) in [6.45, 7) is 0. The van der Waals surface area contributed by atoms with Gasteiger partial charge in [0.15, 0.2) is 0 Å². The second kappa shape index (κ2) is 6.21. The third-order valence-corrected chi connectivity index (χ3v) is 4.16. The second-order valence-electron chi connectivity index (χ2n) is 5.37. The molecule has 7 nitrogen and oxygen atoms in total. The minimum atomic E-state index is -1.03. The Balaban J connectivity index is 2.06. The van der Waals surface area contributed by atoms with Crippen LogP contribution in [0.4, 0.5) is 0 Å². The lowest BCUT2D eigenvalue weighted by atomic mass is 9.89. The number of hydrogen-bond acceptors (Lipinski definition) is 6. The fourth-order valence-corrected chi connectivity index (χ4v) is 3.16. The first-order chi connectivity index (χ1) is 11.1. The number of ether oxygens (including phenoxy) is 1. The Morgan fingerprint density at radius 1 is 1.26 bits per heavy atom. The number of furan rings is 1. The maximum atomic E-state index is 12.1. The summed E-state index contributed by atoms with van der Waals surface area (Å²) in [6, 6.07) is 9.86. The number of hydrogen-bond donors (Lipinski definition) is 1. The van der Waals surface area contributed by atoms with Crippen LogP contribution in [0, 0.1) is 10.1 Å². The normalized spacial score (nSPS) is 26.8. The molecule has 1 aromatic carbocycles. The lowest BCUT2D eigenvalue weighted by molar-refractivity contribution is -0.527. The van der Waals surface area contributed by atoms with Crippen LogP contribution in [0.1, 0.15) is 23.3 Å². The SMILES string of the molecule is COC(=O)[C@H]1N[C@@H](c2ccccc2)[C@H]([N+](=O)[O-])[C@H]1c1ccco1. The van der Waals surface area contributed by atoms with Crippen LogP contribution in [0.15, 0.2) is 53.1 Å². The molecule has 23 heavy (non-hydrogen) atoms. The van der Waals surface area contributed by atoms with Gasteiger partial charge in [-0.05, 0) is 17.7 Å². The van der Waals surface area contributed by atoms with E-state index >= 15 is 0 Å². The molecule has 2 heterocycles. The van der Waals surface area contributed by atoms with Gasteiger partial charge < -0.3 is 9.15 Å². The van der Waals surface area contributed by atoms with Gasteiger partial charge in [-0.25, -0.2) is 0 Å². The van der Waals surface area contributed by atoms with E-state index in [4.69, 9.17) is 9.15 Å². The molecule has 2 aromatic rings. The van der Waals surface area contributed by atoms with Gasteiger partial charge in [0.1, 0.15) is 23.8 Å². The Morgan fingerprint density at radius 3 is 2.57 bits per heavy atom. The third kappa shape index (κ3) is 2.70. The number of methoxy groups -OCH3 is 1. The lowest BCUT2D eigenvalue weighted by Crippen LogP contribution is -2.36. The zero-order valence-electron chi connectivity index (χ0n) is 12.4. The molecule has 4 atom stereocenters. The number of rotatable bonds is 4. The topological polar surface area (TPSA) is 94.6 Å². The summed E-state index contributed by atoms with van der Waals surface area (Å²) in [5, 5.41) is 14.8. The Hall–Kier alpha value is -2.67. The van der Waals surface area contributed by atoms with E-state index in [1.54, 1.807) is 36.4 Å². The minimum Gasteiger partial charge on any atom is -0.469 e. The molecule has 1 aliphatic heterocycles. The smallest absolute Gasteiger partial charge is 0.323 e. The van der Waals surface area contributed by atoms with Crippen LogP contribution in [-0.4, -0.2) is 30.1 Å². The number of nitro groups is 1. The van der Waals surface area contributed by atoms with E-state index in [1.807, 2.05) is 6.07 Å². The summed E-state index contributed by atoms with van der Waals surface area (Å²) in [5.74, 6) is -0.887. The lowest BCUT2D eigenvalue weighted by Gasteiger charge is -2.16. The molecule has 0 unspecified atom stereocenters. The van der Waals surface area contributed by atoms with E-state index in [-0.39, 0.29) is 4.92 Å². The summed E-state index contributed by atoms with van der Waals surface area (Å²) in [5.41, 5.74) is 0.747. The molecule has 0 spiro atoms. The van der Waals surface area contributed by atoms with E-state index in [9.17, 15) is 14.9 Å². The molecule has 0 aliphatic carbocycles. The maximum Gasteiger partial charge on any atom is 0.323 e. The van der Waals surface area contributed by atoms with E-state index in [2.05, 4.69) is 5.32 Å². The molecule has 1 saturated heterocycles.